The van der Waals surface area contributed by atoms with Crippen molar-refractivity contribution in [3.05, 3.63) is 54.1 Å². The SMILES string of the molecule is COc1ccccc1N1CCN(C(=O)C2CCN(c3ccc(C=O)cc3)CC2)CC1. The van der Waals surface area contributed by atoms with Gasteiger partial charge in [0.1, 0.15) is 12.0 Å². The summed E-state index contributed by atoms with van der Waals surface area (Å²) in [6, 6.07) is 15.7. The second kappa shape index (κ2) is 9.20. The van der Waals surface area contributed by atoms with E-state index in [0.717, 1.165) is 75.5 Å². The molecule has 0 unspecified atom stereocenters. The van der Waals surface area contributed by atoms with Gasteiger partial charge in [-0.2, -0.15) is 0 Å². The smallest absolute Gasteiger partial charge is 0.225 e. The zero-order valence-corrected chi connectivity index (χ0v) is 17.5. The molecule has 0 aromatic heterocycles. The number of nitrogens with zero attached hydrogens (tertiary/aromatic N) is 3. The van der Waals surface area contributed by atoms with E-state index in [9.17, 15) is 9.59 Å². The fourth-order valence-corrected chi connectivity index (χ4v) is 4.47. The predicted octanol–water partition coefficient (Wildman–Crippen LogP) is 3.07. The van der Waals surface area contributed by atoms with Crippen molar-refractivity contribution in [2.24, 2.45) is 5.92 Å². The van der Waals surface area contributed by atoms with Gasteiger partial charge in [0.05, 0.1) is 12.8 Å². The molecule has 2 saturated heterocycles. The van der Waals surface area contributed by atoms with Crippen molar-refractivity contribution in [1.82, 2.24) is 4.90 Å². The quantitative estimate of drug-likeness (QED) is 0.713. The van der Waals surface area contributed by atoms with Crippen molar-refractivity contribution in [3.63, 3.8) is 0 Å². The van der Waals surface area contributed by atoms with Gasteiger partial charge in [0.15, 0.2) is 0 Å². The van der Waals surface area contributed by atoms with Gasteiger partial charge in [0.25, 0.3) is 0 Å². The summed E-state index contributed by atoms with van der Waals surface area (Å²) in [6.45, 7) is 4.91. The first-order valence-corrected chi connectivity index (χ1v) is 10.7. The molecule has 0 radical (unpaired) electrons. The third-order valence-electron chi connectivity index (χ3n) is 6.26. The fourth-order valence-electron chi connectivity index (χ4n) is 4.47. The lowest BCUT2D eigenvalue weighted by Crippen LogP contribution is -2.51. The zero-order valence-electron chi connectivity index (χ0n) is 17.5. The van der Waals surface area contributed by atoms with E-state index < -0.39 is 0 Å². The van der Waals surface area contributed by atoms with Gasteiger partial charge < -0.3 is 19.4 Å². The van der Waals surface area contributed by atoms with E-state index in [2.05, 4.69) is 15.9 Å². The van der Waals surface area contributed by atoms with Crippen LogP contribution in [0.1, 0.15) is 23.2 Å². The Morgan fingerprint density at radius 3 is 2.20 bits per heavy atom. The third kappa shape index (κ3) is 4.27. The molecule has 30 heavy (non-hydrogen) atoms. The number of methoxy groups -OCH3 is 1. The molecule has 0 saturated carbocycles. The molecule has 0 N–H and O–H groups in total. The van der Waals surface area contributed by atoms with Crippen LogP contribution in [0.4, 0.5) is 11.4 Å². The first-order chi connectivity index (χ1) is 14.7. The topological polar surface area (TPSA) is 53.1 Å². The molecule has 6 heteroatoms. The number of aldehydes is 1. The van der Waals surface area contributed by atoms with Crippen molar-refractivity contribution in [3.8, 4) is 5.75 Å². The summed E-state index contributed by atoms with van der Waals surface area (Å²) in [5, 5.41) is 0. The van der Waals surface area contributed by atoms with Gasteiger partial charge in [0, 0.05) is 56.4 Å². The Morgan fingerprint density at radius 1 is 0.900 bits per heavy atom. The Hall–Kier alpha value is -3.02. The number of anilines is 2. The first kappa shape index (κ1) is 20.3. The number of piperazine rings is 1. The molecule has 6 nitrogen and oxygen atoms in total. The van der Waals surface area contributed by atoms with Crippen LogP contribution >= 0.6 is 0 Å². The largest absolute Gasteiger partial charge is 0.495 e. The summed E-state index contributed by atoms with van der Waals surface area (Å²) >= 11 is 0. The monoisotopic (exact) mass is 407 g/mol. The minimum absolute atomic E-state index is 0.105. The molecule has 2 aliphatic heterocycles. The Morgan fingerprint density at radius 2 is 1.57 bits per heavy atom. The standard InChI is InChI=1S/C24H29N3O3/c1-30-23-5-3-2-4-22(23)26-14-16-27(17-15-26)24(29)20-10-12-25(13-11-20)21-8-6-19(18-28)7-9-21/h2-9,18,20H,10-17H2,1H3. The Kier molecular flexibility index (Phi) is 6.21. The highest BCUT2D eigenvalue weighted by Gasteiger charge is 2.31. The zero-order chi connectivity index (χ0) is 20.9. The normalized spacial score (nSPS) is 17.7. The summed E-state index contributed by atoms with van der Waals surface area (Å²) < 4.78 is 5.48. The van der Waals surface area contributed by atoms with E-state index in [1.807, 2.05) is 47.4 Å². The second-order valence-corrected chi connectivity index (χ2v) is 7.95. The molecule has 2 fully saturated rings. The van der Waals surface area contributed by atoms with Crippen molar-refractivity contribution in [1.29, 1.82) is 0 Å². The maximum atomic E-state index is 13.1. The molecule has 0 aliphatic carbocycles. The lowest BCUT2D eigenvalue weighted by atomic mass is 9.94. The highest BCUT2D eigenvalue weighted by molar-refractivity contribution is 5.80. The number of hydrogen-bond donors (Lipinski definition) is 0. The number of carbonyl (C=O) groups is 2. The van der Waals surface area contributed by atoms with Crippen molar-refractivity contribution in [2.45, 2.75) is 12.8 Å². The third-order valence-corrected chi connectivity index (χ3v) is 6.26. The van der Waals surface area contributed by atoms with Crippen LogP contribution in [-0.4, -0.2) is 63.5 Å². The molecule has 0 bridgehead atoms. The highest BCUT2D eigenvalue weighted by atomic mass is 16.5. The molecule has 2 aromatic carbocycles. The van der Waals surface area contributed by atoms with E-state index in [-0.39, 0.29) is 5.92 Å². The molecule has 0 atom stereocenters. The number of piperidine rings is 1. The van der Waals surface area contributed by atoms with Gasteiger partial charge in [0.2, 0.25) is 5.91 Å². The van der Waals surface area contributed by atoms with Gasteiger partial charge in [-0.15, -0.1) is 0 Å². The van der Waals surface area contributed by atoms with Crippen LogP contribution in [-0.2, 0) is 4.79 Å². The van der Waals surface area contributed by atoms with Gasteiger partial charge in [-0.3, -0.25) is 9.59 Å². The van der Waals surface area contributed by atoms with E-state index in [1.54, 1.807) is 7.11 Å². The van der Waals surface area contributed by atoms with Crippen LogP contribution in [0.2, 0.25) is 0 Å². The molecule has 1 amide bonds. The Labute approximate surface area is 178 Å². The summed E-state index contributed by atoms with van der Waals surface area (Å²) in [7, 11) is 1.70. The number of carbonyl (C=O) groups excluding carboxylic acids is 2. The number of ether oxygens (including phenoxy) is 1. The van der Waals surface area contributed by atoms with Crippen LogP contribution in [0.3, 0.4) is 0 Å². The number of hydrogen-bond acceptors (Lipinski definition) is 5. The lowest BCUT2D eigenvalue weighted by molar-refractivity contribution is -0.136. The number of para-hydroxylation sites is 2. The van der Waals surface area contributed by atoms with Gasteiger partial charge in [-0.05, 0) is 49.2 Å². The van der Waals surface area contributed by atoms with E-state index >= 15 is 0 Å². The molecule has 2 aliphatic rings. The van der Waals surface area contributed by atoms with E-state index in [4.69, 9.17) is 4.74 Å². The minimum Gasteiger partial charge on any atom is -0.495 e. The molecule has 2 heterocycles. The molecular formula is C24H29N3O3. The second-order valence-electron chi connectivity index (χ2n) is 7.95. The molecular weight excluding hydrogens is 378 g/mol. The van der Waals surface area contributed by atoms with Crippen molar-refractivity contribution in [2.75, 3.05) is 56.2 Å². The lowest BCUT2D eigenvalue weighted by Gasteiger charge is -2.40. The van der Waals surface area contributed by atoms with Gasteiger partial charge in [-0.25, -0.2) is 0 Å². The van der Waals surface area contributed by atoms with Gasteiger partial charge >= 0.3 is 0 Å². The molecule has 2 aromatic rings. The molecule has 158 valence electrons. The van der Waals surface area contributed by atoms with Crippen LogP contribution in [0.15, 0.2) is 48.5 Å². The number of benzene rings is 2. The molecule has 4 rings (SSSR count). The molecule has 0 spiro atoms. The van der Waals surface area contributed by atoms with Crippen LogP contribution in [0.5, 0.6) is 5.75 Å². The summed E-state index contributed by atoms with van der Waals surface area (Å²) in [5.74, 6) is 1.28. The Bertz CT molecular complexity index is 868. The van der Waals surface area contributed by atoms with Crippen molar-refractivity contribution >= 4 is 23.6 Å². The maximum absolute atomic E-state index is 13.1. The summed E-state index contributed by atoms with van der Waals surface area (Å²) in [5.41, 5.74) is 2.91. The summed E-state index contributed by atoms with van der Waals surface area (Å²) in [6.07, 6.45) is 2.62. The average Bonchev–Trinajstić information content (AvgIpc) is 2.84. The average molecular weight is 408 g/mol. The van der Waals surface area contributed by atoms with Crippen LogP contribution in [0, 0.1) is 5.92 Å². The van der Waals surface area contributed by atoms with Crippen LogP contribution < -0.4 is 14.5 Å². The van der Waals surface area contributed by atoms with E-state index in [0.29, 0.717) is 11.5 Å². The fraction of sp³-hybridized carbons (Fsp3) is 0.417. The first-order valence-electron chi connectivity index (χ1n) is 10.7. The Balaban J connectivity index is 1.29. The highest BCUT2D eigenvalue weighted by Crippen LogP contribution is 2.29. The van der Waals surface area contributed by atoms with Crippen LogP contribution in [0.25, 0.3) is 0 Å². The number of rotatable bonds is 5. The van der Waals surface area contributed by atoms with Crippen molar-refractivity contribution < 1.29 is 14.3 Å². The predicted molar refractivity (Wildman–Crippen MR) is 119 cm³/mol. The minimum atomic E-state index is 0.105. The maximum Gasteiger partial charge on any atom is 0.225 e. The van der Waals surface area contributed by atoms with E-state index in [1.165, 1.54) is 0 Å². The van der Waals surface area contributed by atoms with Gasteiger partial charge in [-0.1, -0.05) is 12.1 Å². The number of amides is 1. The summed E-state index contributed by atoms with van der Waals surface area (Å²) in [4.78, 5) is 30.5.